The van der Waals surface area contributed by atoms with Crippen LogP contribution in [-0.4, -0.2) is 19.7 Å². The molecular formula is C24H19N5. The summed E-state index contributed by atoms with van der Waals surface area (Å²) in [6, 6.07) is 30.7. The molecule has 5 heteroatoms. The number of para-hydroxylation sites is 1. The standard InChI is InChI=1S/C24H19N5/c1-4-10-18(11-5-1)22(19-12-6-2-7-13-19)28-23-21-16-27-29(24(21)26-17-25-23)20-14-8-3-9-15-20/h1-17,22H,(H,25,26,28). The fraction of sp³-hybridized carbons (Fsp3) is 0.0417. The first-order valence-electron chi connectivity index (χ1n) is 9.51. The molecule has 0 aliphatic heterocycles. The van der Waals surface area contributed by atoms with Crippen molar-refractivity contribution in [1.82, 2.24) is 19.7 Å². The highest BCUT2D eigenvalue weighted by molar-refractivity contribution is 5.87. The van der Waals surface area contributed by atoms with E-state index in [2.05, 4.69) is 68.9 Å². The molecule has 0 radical (unpaired) electrons. The molecule has 5 rings (SSSR count). The molecule has 1 N–H and O–H groups in total. The molecule has 5 aromatic rings. The van der Waals surface area contributed by atoms with E-state index in [4.69, 9.17) is 0 Å². The summed E-state index contributed by atoms with van der Waals surface area (Å²) < 4.78 is 1.84. The molecule has 0 aliphatic carbocycles. The maximum atomic E-state index is 4.55. The minimum absolute atomic E-state index is 0.0319. The van der Waals surface area contributed by atoms with Gasteiger partial charge in [0.25, 0.3) is 0 Å². The molecule has 29 heavy (non-hydrogen) atoms. The van der Waals surface area contributed by atoms with Gasteiger partial charge in [0, 0.05) is 0 Å². The average Bonchev–Trinajstić information content (AvgIpc) is 3.24. The first-order valence-corrected chi connectivity index (χ1v) is 9.51. The van der Waals surface area contributed by atoms with Crippen LogP contribution in [0.15, 0.2) is 104 Å². The monoisotopic (exact) mass is 377 g/mol. The highest BCUT2D eigenvalue weighted by Crippen LogP contribution is 2.29. The third-order valence-electron chi connectivity index (χ3n) is 4.91. The molecule has 0 saturated carbocycles. The highest BCUT2D eigenvalue weighted by Gasteiger charge is 2.17. The lowest BCUT2D eigenvalue weighted by atomic mass is 9.98. The van der Waals surface area contributed by atoms with E-state index in [0.717, 1.165) is 22.5 Å². The Bertz CT molecular complexity index is 1180. The molecule has 0 saturated heterocycles. The SMILES string of the molecule is c1ccc(C(Nc2ncnc3c2cnn3-c2ccccc2)c2ccccc2)cc1. The second-order valence-electron chi connectivity index (χ2n) is 6.75. The smallest absolute Gasteiger partial charge is 0.168 e. The van der Waals surface area contributed by atoms with E-state index < -0.39 is 0 Å². The van der Waals surface area contributed by atoms with Crippen LogP contribution in [0.1, 0.15) is 17.2 Å². The van der Waals surface area contributed by atoms with Crippen molar-refractivity contribution in [1.29, 1.82) is 0 Å². The number of fused-ring (bicyclic) bond motifs is 1. The van der Waals surface area contributed by atoms with E-state index in [0.29, 0.717) is 0 Å². The molecule has 5 nitrogen and oxygen atoms in total. The molecule has 0 atom stereocenters. The van der Waals surface area contributed by atoms with Crippen molar-refractivity contribution in [3.05, 3.63) is 115 Å². The van der Waals surface area contributed by atoms with Crippen molar-refractivity contribution in [2.45, 2.75) is 6.04 Å². The summed E-state index contributed by atoms with van der Waals surface area (Å²) in [4.78, 5) is 9.01. The van der Waals surface area contributed by atoms with E-state index in [1.807, 2.05) is 53.3 Å². The van der Waals surface area contributed by atoms with Crippen LogP contribution in [0.3, 0.4) is 0 Å². The maximum absolute atomic E-state index is 4.55. The van der Waals surface area contributed by atoms with E-state index in [1.165, 1.54) is 11.1 Å². The lowest BCUT2D eigenvalue weighted by Crippen LogP contribution is -2.13. The minimum atomic E-state index is -0.0319. The van der Waals surface area contributed by atoms with Crippen LogP contribution >= 0.6 is 0 Å². The van der Waals surface area contributed by atoms with Crippen molar-refractivity contribution in [3.63, 3.8) is 0 Å². The normalized spacial score (nSPS) is 11.1. The van der Waals surface area contributed by atoms with Crippen molar-refractivity contribution in [2.24, 2.45) is 0 Å². The molecule has 0 aliphatic rings. The highest BCUT2D eigenvalue weighted by atomic mass is 15.3. The van der Waals surface area contributed by atoms with Gasteiger partial charge in [0.15, 0.2) is 5.65 Å². The topological polar surface area (TPSA) is 55.6 Å². The first kappa shape index (κ1) is 17.1. The summed E-state index contributed by atoms with van der Waals surface area (Å²) in [5, 5.41) is 9.05. The van der Waals surface area contributed by atoms with Gasteiger partial charge in [-0.25, -0.2) is 14.6 Å². The molecule has 0 fully saturated rings. The Kier molecular flexibility index (Phi) is 4.47. The Labute approximate surface area is 168 Å². The summed E-state index contributed by atoms with van der Waals surface area (Å²) >= 11 is 0. The van der Waals surface area contributed by atoms with Crippen LogP contribution in [0.5, 0.6) is 0 Å². The van der Waals surface area contributed by atoms with Gasteiger partial charge in [0.1, 0.15) is 12.1 Å². The van der Waals surface area contributed by atoms with Crippen molar-refractivity contribution in [2.75, 3.05) is 5.32 Å². The predicted octanol–water partition coefficient (Wildman–Crippen LogP) is 5.02. The van der Waals surface area contributed by atoms with Gasteiger partial charge in [-0.3, -0.25) is 0 Å². The number of aromatic nitrogens is 4. The summed E-state index contributed by atoms with van der Waals surface area (Å²) in [6.07, 6.45) is 3.40. The Morgan fingerprint density at radius 2 is 1.28 bits per heavy atom. The maximum Gasteiger partial charge on any atom is 0.168 e. The van der Waals surface area contributed by atoms with E-state index in [9.17, 15) is 0 Å². The fourth-order valence-corrected chi connectivity index (χ4v) is 3.50. The number of anilines is 1. The second kappa shape index (κ2) is 7.56. The summed E-state index contributed by atoms with van der Waals surface area (Å²) in [7, 11) is 0. The Morgan fingerprint density at radius 3 is 1.90 bits per heavy atom. The quantitative estimate of drug-likeness (QED) is 0.467. The van der Waals surface area contributed by atoms with Gasteiger partial charge in [0.2, 0.25) is 0 Å². The van der Waals surface area contributed by atoms with Crippen LogP contribution < -0.4 is 5.32 Å². The molecule has 0 spiro atoms. The third kappa shape index (κ3) is 3.34. The summed E-state index contributed by atoms with van der Waals surface area (Å²) in [5.74, 6) is 0.759. The Hall–Kier alpha value is -3.99. The Balaban J connectivity index is 1.59. The third-order valence-corrected chi connectivity index (χ3v) is 4.91. The second-order valence-corrected chi connectivity index (χ2v) is 6.75. The average molecular weight is 377 g/mol. The lowest BCUT2D eigenvalue weighted by Gasteiger charge is -2.20. The number of nitrogens with zero attached hydrogens (tertiary/aromatic N) is 4. The lowest BCUT2D eigenvalue weighted by molar-refractivity contribution is 0.893. The van der Waals surface area contributed by atoms with Crippen LogP contribution in [0, 0.1) is 0 Å². The van der Waals surface area contributed by atoms with Gasteiger partial charge in [0.05, 0.1) is 23.3 Å². The predicted molar refractivity (Wildman–Crippen MR) is 115 cm³/mol. The van der Waals surface area contributed by atoms with Crippen molar-refractivity contribution < 1.29 is 0 Å². The van der Waals surface area contributed by atoms with Gasteiger partial charge in [-0.2, -0.15) is 5.10 Å². The molecule has 0 amide bonds. The van der Waals surface area contributed by atoms with Crippen LogP contribution in [0.25, 0.3) is 16.7 Å². The van der Waals surface area contributed by atoms with Crippen LogP contribution in [0.4, 0.5) is 5.82 Å². The van der Waals surface area contributed by atoms with Gasteiger partial charge < -0.3 is 5.32 Å². The number of benzene rings is 3. The number of hydrogen-bond donors (Lipinski definition) is 1. The van der Waals surface area contributed by atoms with Gasteiger partial charge in [-0.05, 0) is 23.3 Å². The minimum Gasteiger partial charge on any atom is -0.358 e. The largest absolute Gasteiger partial charge is 0.358 e. The molecule has 140 valence electrons. The van der Waals surface area contributed by atoms with Crippen molar-refractivity contribution >= 4 is 16.9 Å². The number of nitrogens with one attached hydrogen (secondary N) is 1. The van der Waals surface area contributed by atoms with Crippen LogP contribution in [-0.2, 0) is 0 Å². The van der Waals surface area contributed by atoms with Gasteiger partial charge in [-0.15, -0.1) is 0 Å². The molecule has 2 heterocycles. The van der Waals surface area contributed by atoms with E-state index in [1.54, 1.807) is 6.33 Å². The molecule has 0 unspecified atom stereocenters. The Morgan fingerprint density at radius 1 is 0.690 bits per heavy atom. The summed E-state index contributed by atoms with van der Waals surface area (Å²) in [6.45, 7) is 0. The van der Waals surface area contributed by atoms with Crippen molar-refractivity contribution in [3.8, 4) is 5.69 Å². The molecule has 2 aromatic heterocycles. The molecule has 3 aromatic carbocycles. The van der Waals surface area contributed by atoms with E-state index in [-0.39, 0.29) is 6.04 Å². The van der Waals surface area contributed by atoms with Gasteiger partial charge >= 0.3 is 0 Å². The van der Waals surface area contributed by atoms with Crippen LogP contribution in [0.2, 0.25) is 0 Å². The number of hydrogen-bond acceptors (Lipinski definition) is 4. The first-order chi connectivity index (χ1) is 14.4. The zero-order valence-corrected chi connectivity index (χ0v) is 15.7. The zero-order chi connectivity index (χ0) is 19.5. The summed E-state index contributed by atoms with van der Waals surface area (Å²) in [5.41, 5.74) is 4.07. The number of rotatable bonds is 5. The van der Waals surface area contributed by atoms with E-state index >= 15 is 0 Å². The molecule has 0 bridgehead atoms. The fourth-order valence-electron chi connectivity index (χ4n) is 3.50. The zero-order valence-electron chi connectivity index (χ0n) is 15.7. The molecular weight excluding hydrogens is 358 g/mol. The van der Waals surface area contributed by atoms with Gasteiger partial charge in [-0.1, -0.05) is 78.9 Å².